The molecule has 1 aromatic carbocycles. The van der Waals surface area contributed by atoms with Crippen molar-refractivity contribution >= 4 is 24.3 Å². The first kappa shape index (κ1) is 22.7. The number of hydrogen-bond acceptors (Lipinski definition) is 6. The first-order chi connectivity index (χ1) is 15.0. The molecule has 1 aliphatic carbocycles. The molecule has 1 saturated heterocycles. The van der Waals surface area contributed by atoms with Crippen molar-refractivity contribution in [1.82, 2.24) is 15.3 Å². The smallest absolute Gasteiger partial charge is 0.410 e. The number of hydrogen-bond donors (Lipinski definition) is 2. The van der Waals surface area contributed by atoms with Crippen LogP contribution in [0.3, 0.4) is 0 Å². The summed E-state index contributed by atoms with van der Waals surface area (Å²) >= 11 is 0. The molecule has 2 N–H and O–H groups in total. The van der Waals surface area contributed by atoms with Crippen molar-refractivity contribution in [2.75, 3.05) is 13.1 Å². The molecule has 1 heterocycles. The Balaban J connectivity index is 1.62. The fourth-order valence-corrected chi connectivity index (χ4v) is 4.51. The average Bonchev–Trinajstić information content (AvgIpc) is 3.45. The SMILES string of the molecule is O=CN(O)C[C@@H](CC1CCCC1)C(=O)N1CCC[C@H]1C(=O)NC(=O)Oc1ccccc1. The zero-order chi connectivity index (χ0) is 22.2. The number of benzene rings is 1. The predicted molar refractivity (Wildman–Crippen MR) is 110 cm³/mol. The third kappa shape index (κ3) is 6.27. The lowest BCUT2D eigenvalue weighted by atomic mass is 9.91. The van der Waals surface area contributed by atoms with Crippen LogP contribution in [0.2, 0.25) is 0 Å². The van der Waals surface area contributed by atoms with Crippen LogP contribution < -0.4 is 10.1 Å². The number of ether oxygens (including phenoxy) is 1. The molecule has 0 radical (unpaired) electrons. The van der Waals surface area contributed by atoms with Crippen LogP contribution in [-0.4, -0.2) is 58.6 Å². The van der Waals surface area contributed by atoms with Crippen molar-refractivity contribution in [3.05, 3.63) is 30.3 Å². The fraction of sp³-hybridized carbons (Fsp3) is 0.545. The van der Waals surface area contributed by atoms with Crippen LogP contribution in [0.1, 0.15) is 44.9 Å². The summed E-state index contributed by atoms with van der Waals surface area (Å²) < 4.78 is 5.09. The molecule has 0 unspecified atom stereocenters. The van der Waals surface area contributed by atoms with Gasteiger partial charge in [0.2, 0.25) is 12.3 Å². The third-order valence-corrected chi connectivity index (χ3v) is 5.99. The Kier molecular flexibility index (Phi) is 8.00. The van der Waals surface area contributed by atoms with E-state index in [2.05, 4.69) is 5.32 Å². The van der Waals surface area contributed by atoms with Gasteiger partial charge < -0.3 is 9.64 Å². The highest BCUT2D eigenvalue weighted by Gasteiger charge is 2.39. The van der Waals surface area contributed by atoms with Crippen LogP contribution in [0.15, 0.2) is 30.3 Å². The molecule has 9 nitrogen and oxygen atoms in total. The normalized spacial score (nSPS) is 19.6. The van der Waals surface area contributed by atoms with Gasteiger partial charge in [0, 0.05) is 6.54 Å². The molecule has 0 aromatic heterocycles. The van der Waals surface area contributed by atoms with E-state index < -0.39 is 24.0 Å². The highest BCUT2D eigenvalue weighted by atomic mass is 16.6. The summed E-state index contributed by atoms with van der Waals surface area (Å²) in [7, 11) is 0. The summed E-state index contributed by atoms with van der Waals surface area (Å²) in [6.45, 7) is 0.276. The fourth-order valence-electron chi connectivity index (χ4n) is 4.51. The van der Waals surface area contributed by atoms with E-state index in [0.717, 1.165) is 25.7 Å². The van der Waals surface area contributed by atoms with Crippen LogP contribution in [0.5, 0.6) is 5.75 Å². The molecule has 0 bridgehead atoms. The standard InChI is InChI=1S/C22H29N3O6/c26-15-24(30)14-17(13-16-7-4-5-8-16)21(28)25-12-6-11-19(25)20(27)23-22(29)31-18-9-2-1-3-10-18/h1-3,9-10,15-17,19,30H,4-8,11-14H2,(H,23,27,29)/t17-,19+/m1/s1. The number of para-hydroxylation sites is 1. The van der Waals surface area contributed by atoms with E-state index in [1.165, 1.54) is 4.90 Å². The van der Waals surface area contributed by atoms with Crippen molar-refractivity contribution in [1.29, 1.82) is 0 Å². The van der Waals surface area contributed by atoms with E-state index in [0.29, 0.717) is 42.5 Å². The van der Waals surface area contributed by atoms with Gasteiger partial charge in [-0.05, 0) is 37.3 Å². The minimum atomic E-state index is -0.902. The second kappa shape index (κ2) is 10.9. The Morgan fingerprint density at radius 1 is 1.16 bits per heavy atom. The Labute approximate surface area is 181 Å². The van der Waals surface area contributed by atoms with Crippen molar-refractivity contribution in [3.63, 3.8) is 0 Å². The molecule has 1 aromatic rings. The number of carbonyl (C=O) groups is 4. The van der Waals surface area contributed by atoms with Gasteiger partial charge in [-0.3, -0.25) is 24.9 Å². The first-order valence-corrected chi connectivity index (χ1v) is 10.8. The number of nitrogens with zero attached hydrogens (tertiary/aromatic N) is 2. The molecular formula is C22H29N3O6. The highest BCUT2D eigenvalue weighted by molar-refractivity contribution is 5.97. The van der Waals surface area contributed by atoms with E-state index >= 15 is 0 Å². The second-order valence-corrected chi connectivity index (χ2v) is 8.19. The van der Waals surface area contributed by atoms with E-state index in [-0.39, 0.29) is 18.9 Å². The second-order valence-electron chi connectivity index (χ2n) is 8.19. The number of rotatable bonds is 8. The molecule has 1 aliphatic heterocycles. The van der Waals surface area contributed by atoms with Crippen molar-refractivity contribution in [2.24, 2.45) is 11.8 Å². The lowest BCUT2D eigenvalue weighted by Crippen LogP contribution is -2.51. The van der Waals surface area contributed by atoms with Gasteiger partial charge in [0.05, 0.1) is 12.5 Å². The molecule has 0 spiro atoms. The van der Waals surface area contributed by atoms with Crippen LogP contribution in [0.4, 0.5) is 4.79 Å². The quantitative estimate of drug-likeness (QED) is 0.371. The molecule has 2 fully saturated rings. The molecular weight excluding hydrogens is 402 g/mol. The van der Waals surface area contributed by atoms with Gasteiger partial charge in [-0.25, -0.2) is 9.86 Å². The van der Waals surface area contributed by atoms with Gasteiger partial charge in [0.15, 0.2) is 0 Å². The number of imide groups is 1. The van der Waals surface area contributed by atoms with Gasteiger partial charge in [-0.15, -0.1) is 0 Å². The maximum absolute atomic E-state index is 13.3. The van der Waals surface area contributed by atoms with Crippen LogP contribution in [0.25, 0.3) is 0 Å². The Bertz CT molecular complexity index is 781. The molecule has 31 heavy (non-hydrogen) atoms. The monoisotopic (exact) mass is 431 g/mol. The molecule has 9 heteroatoms. The highest BCUT2D eigenvalue weighted by Crippen LogP contribution is 2.32. The minimum absolute atomic E-state index is 0.111. The summed E-state index contributed by atoms with van der Waals surface area (Å²) in [6, 6.07) is 7.59. The third-order valence-electron chi connectivity index (χ3n) is 5.99. The van der Waals surface area contributed by atoms with E-state index in [9.17, 15) is 24.4 Å². The zero-order valence-electron chi connectivity index (χ0n) is 17.4. The Morgan fingerprint density at radius 2 is 1.87 bits per heavy atom. The summed E-state index contributed by atoms with van der Waals surface area (Å²) in [5.74, 6) is -0.794. The molecule has 2 aliphatic rings. The first-order valence-electron chi connectivity index (χ1n) is 10.8. The predicted octanol–water partition coefficient (Wildman–Crippen LogP) is 2.34. The number of hydroxylamine groups is 2. The molecule has 4 amide bonds. The number of amides is 4. The summed E-state index contributed by atoms with van der Waals surface area (Å²) in [4.78, 5) is 50.4. The summed E-state index contributed by atoms with van der Waals surface area (Å²) in [6.07, 6.45) is 5.26. The number of likely N-dealkylation sites (tertiary alicyclic amines) is 1. The van der Waals surface area contributed by atoms with E-state index in [1.54, 1.807) is 30.3 Å². The maximum Gasteiger partial charge on any atom is 0.419 e. The molecule has 168 valence electrons. The van der Waals surface area contributed by atoms with Gasteiger partial charge in [-0.1, -0.05) is 43.9 Å². The number of carbonyl (C=O) groups excluding carboxylic acids is 4. The topological polar surface area (TPSA) is 116 Å². The lowest BCUT2D eigenvalue weighted by Gasteiger charge is -2.30. The molecule has 2 atom stereocenters. The van der Waals surface area contributed by atoms with Crippen LogP contribution in [0, 0.1) is 11.8 Å². The van der Waals surface area contributed by atoms with E-state index in [4.69, 9.17) is 4.74 Å². The Morgan fingerprint density at radius 3 is 2.55 bits per heavy atom. The lowest BCUT2D eigenvalue weighted by molar-refractivity contribution is -0.158. The van der Waals surface area contributed by atoms with Gasteiger partial charge in [-0.2, -0.15) is 0 Å². The van der Waals surface area contributed by atoms with Crippen molar-refractivity contribution in [2.45, 2.75) is 51.0 Å². The minimum Gasteiger partial charge on any atom is -0.410 e. The molecule has 1 saturated carbocycles. The van der Waals surface area contributed by atoms with Gasteiger partial charge in [0.25, 0.3) is 5.91 Å². The zero-order valence-corrected chi connectivity index (χ0v) is 17.4. The van der Waals surface area contributed by atoms with Gasteiger partial charge in [0.1, 0.15) is 11.8 Å². The van der Waals surface area contributed by atoms with Crippen LogP contribution in [-0.2, 0) is 14.4 Å². The Hall–Kier alpha value is -2.94. The number of nitrogens with one attached hydrogen (secondary N) is 1. The molecule has 3 rings (SSSR count). The van der Waals surface area contributed by atoms with E-state index in [1.807, 2.05) is 0 Å². The van der Waals surface area contributed by atoms with Crippen LogP contribution >= 0.6 is 0 Å². The van der Waals surface area contributed by atoms with Crippen molar-refractivity contribution < 1.29 is 29.1 Å². The summed E-state index contributed by atoms with van der Waals surface area (Å²) in [5.41, 5.74) is 0. The maximum atomic E-state index is 13.3. The van der Waals surface area contributed by atoms with Gasteiger partial charge >= 0.3 is 6.09 Å². The largest absolute Gasteiger partial charge is 0.419 e. The summed E-state index contributed by atoms with van der Waals surface area (Å²) in [5, 5.41) is 12.4. The van der Waals surface area contributed by atoms with Crippen molar-refractivity contribution in [3.8, 4) is 5.75 Å². The average molecular weight is 431 g/mol.